The van der Waals surface area contributed by atoms with Gasteiger partial charge in [0, 0.05) is 25.6 Å². The molecule has 0 aliphatic carbocycles. The number of amides is 1. The Morgan fingerprint density at radius 3 is 2.57 bits per heavy atom. The van der Waals surface area contributed by atoms with Crippen LogP contribution >= 0.6 is 0 Å². The monoisotopic (exact) mass is 314 g/mol. The highest BCUT2D eigenvalue weighted by Gasteiger charge is 2.30. The first-order chi connectivity index (χ1) is 9.80. The Balaban J connectivity index is 2.06. The van der Waals surface area contributed by atoms with Gasteiger partial charge in [0.05, 0.1) is 10.1 Å². The summed E-state index contributed by atoms with van der Waals surface area (Å²) in [4.78, 5) is 13.7. The number of carbonyl (C=O) groups is 1. The molecule has 1 amide bonds. The van der Waals surface area contributed by atoms with Crippen LogP contribution in [0, 0.1) is 5.82 Å². The summed E-state index contributed by atoms with van der Waals surface area (Å²) < 4.78 is 37.5. The molecule has 1 aromatic carbocycles. The average molecular weight is 314 g/mol. The molecular formula is C14H19FN2O3S. The number of hydrogen-bond acceptors (Lipinski definition) is 4. The molecule has 5 nitrogen and oxygen atoms in total. The summed E-state index contributed by atoms with van der Waals surface area (Å²) in [6, 6.07) is 4.61. The molecule has 21 heavy (non-hydrogen) atoms. The smallest absolute Gasteiger partial charge is 0.223 e. The molecule has 0 bridgehead atoms. The number of rotatable bonds is 4. The van der Waals surface area contributed by atoms with Gasteiger partial charge in [0.1, 0.15) is 5.82 Å². The lowest BCUT2D eigenvalue weighted by Gasteiger charge is -2.19. The van der Waals surface area contributed by atoms with Gasteiger partial charge < -0.3 is 10.6 Å². The van der Waals surface area contributed by atoms with Crippen molar-refractivity contribution in [1.29, 1.82) is 0 Å². The first-order valence-electron chi connectivity index (χ1n) is 6.83. The first-order valence-corrected chi connectivity index (χ1v) is 8.38. The molecule has 1 saturated heterocycles. The summed E-state index contributed by atoms with van der Waals surface area (Å²) in [5.41, 5.74) is 5.74. The molecule has 7 heteroatoms. The van der Waals surface area contributed by atoms with Gasteiger partial charge in [-0.2, -0.15) is 0 Å². The Hall–Kier alpha value is -1.47. The van der Waals surface area contributed by atoms with E-state index in [4.69, 9.17) is 5.73 Å². The SMILES string of the molecule is CC(CC(=O)N1CCC(N)C1)S(=O)(=O)c1ccc(F)cc1. The van der Waals surface area contributed by atoms with Crippen molar-refractivity contribution in [3.63, 3.8) is 0 Å². The van der Waals surface area contributed by atoms with Gasteiger partial charge in [0.15, 0.2) is 9.84 Å². The molecular weight excluding hydrogens is 295 g/mol. The number of sulfone groups is 1. The number of likely N-dealkylation sites (tertiary alicyclic amines) is 1. The number of nitrogens with two attached hydrogens (primary N) is 1. The van der Waals surface area contributed by atoms with Crippen molar-refractivity contribution < 1.29 is 17.6 Å². The third-order valence-electron chi connectivity index (χ3n) is 3.71. The van der Waals surface area contributed by atoms with E-state index in [1.807, 2.05) is 0 Å². The minimum Gasteiger partial charge on any atom is -0.341 e. The quantitative estimate of drug-likeness (QED) is 0.839. The molecule has 0 aromatic heterocycles. The maximum atomic E-state index is 12.9. The minimum atomic E-state index is -3.64. The van der Waals surface area contributed by atoms with E-state index in [9.17, 15) is 17.6 Å². The molecule has 1 aromatic rings. The van der Waals surface area contributed by atoms with Gasteiger partial charge >= 0.3 is 0 Å². The molecule has 2 atom stereocenters. The van der Waals surface area contributed by atoms with Gasteiger partial charge in [-0.3, -0.25) is 4.79 Å². The molecule has 1 heterocycles. The second-order valence-corrected chi connectivity index (χ2v) is 7.77. The van der Waals surface area contributed by atoms with E-state index >= 15 is 0 Å². The Labute approximate surface area is 123 Å². The van der Waals surface area contributed by atoms with Crippen LogP contribution in [-0.2, 0) is 14.6 Å². The van der Waals surface area contributed by atoms with E-state index in [1.165, 1.54) is 19.1 Å². The lowest BCUT2D eigenvalue weighted by atomic mass is 10.3. The summed E-state index contributed by atoms with van der Waals surface area (Å²) in [6.07, 6.45) is 0.650. The van der Waals surface area contributed by atoms with Crippen LogP contribution in [0.25, 0.3) is 0 Å². The van der Waals surface area contributed by atoms with Gasteiger partial charge in [-0.1, -0.05) is 0 Å². The number of hydrogen-bond donors (Lipinski definition) is 1. The zero-order valence-corrected chi connectivity index (χ0v) is 12.6. The van der Waals surface area contributed by atoms with Crippen molar-refractivity contribution in [3.05, 3.63) is 30.1 Å². The van der Waals surface area contributed by atoms with Crippen LogP contribution in [0.15, 0.2) is 29.2 Å². The fourth-order valence-corrected chi connectivity index (χ4v) is 3.70. The Morgan fingerprint density at radius 1 is 1.43 bits per heavy atom. The molecule has 2 rings (SSSR count). The third kappa shape index (κ3) is 3.59. The molecule has 116 valence electrons. The average Bonchev–Trinajstić information content (AvgIpc) is 2.86. The predicted octanol–water partition coefficient (Wildman–Crippen LogP) is 0.938. The zero-order valence-electron chi connectivity index (χ0n) is 11.8. The van der Waals surface area contributed by atoms with Gasteiger partial charge in [0.25, 0.3) is 0 Å². The van der Waals surface area contributed by atoms with Crippen LogP contribution in [0.2, 0.25) is 0 Å². The highest BCUT2D eigenvalue weighted by Crippen LogP contribution is 2.20. The Bertz CT molecular complexity index is 616. The standard InChI is InChI=1S/C14H19FN2O3S/c1-10(8-14(18)17-7-6-12(16)9-17)21(19,20)13-4-2-11(15)3-5-13/h2-5,10,12H,6-9,16H2,1H3. The number of benzene rings is 1. The molecule has 1 aliphatic heterocycles. The summed E-state index contributed by atoms with van der Waals surface area (Å²) in [6.45, 7) is 2.54. The topological polar surface area (TPSA) is 80.5 Å². The van der Waals surface area contributed by atoms with Crippen molar-refractivity contribution in [2.24, 2.45) is 5.73 Å². The van der Waals surface area contributed by atoms with Crippen LogP contribution < -0.4 is 5.73 Å². The van der Waals surface area contributed by atoms with Crippen molar-refractivity contribution in [2.45, 2.75) is 36.0 Å². The molecule has 0 spiro atoms. The molecule has 0 radical (unpaired) electrons. The van der Waals surface area contributed by atoms with E-state index in [1.54, 1.807) is 4.90 Å². The van der Waals surface area contributed by atoms with Gasteiger partial charge in [0.2, 0.25) is 5.91 Å². The number of halogens is 1. The lowest BCUT2D eigenvalue weighted by Crippen LogP contribution is -2.35. The van der Waals surface area contributed by atoms with Crippen molar-refractivity contribution in [3.8, 4) is 0 Å². The summed E-state index contributed by atoms with van der Waals surface area (Å²) in [5.74, 6) is -0.704. The third-order valence-corrected chi connectivity index (χ3v) is 5.87. The van der Waals surface area contributed by atoms with Gasteiger partial charge in [-0.05, 0) is 37.6 Å². The van der Waals surface area contributed by atoms with Crippen LogP contribution in [-0.4, -0.2) is 43.6 Å². The van der Waals surface area contributed by atoms with E-state index in [2.05, 4.69) is 0 Å². The van der Waals surface area contributed by atoms with Gasteiger partial charge in [-0.15, -0.1) is 0 Å². The molecule has 0 saturated carbocycles. The van der Waals surface area contributed by atoms with Crippen LogP contribution in [0.4, 0.5) is 4.39 Å². The van der Waals surface area contributed by atoms with Crippen LogP contribution in [0.1, 0.15) is 19.8 Å². The Kier molecular flexibility index (Phi) is 4.63. The molecule has 1 aliphatic rings. The highest BCUT2D eigenvalue weighted by molar-refractivity contribution is 7.92. The van der Waals surface area contributed by atoms with Crippen molar-refractivity contribution in [1.82, 2.24) is 4.90 Å². The lowest BCUT2D eigenvalue weighted by molar-refractivity contribution is -0.130. The highest BCUT2D eigenvalue weighted by atomic mass is 32.2. The van der Waals surface area contributed by atoms with Gasteiger partial charge in [-0.25, -0.2) is 12.8 Å². The second-order valence-electron chi connectivity index (χ2n) is 5.40. The molecule has 1 fully saturated rings. The first kappa shape index (κ1) is 15.9. The Morgan fingerprint density at radius 2 is 2.05 bits per heavy atom. The van der Waals surface area contributed by atoms with E-state index in [0.29, 0.717) is 13.1 Å². The summed E-state index contributed by atoms with van der Waals surface area (Å²) >= 11 is 0. The maximum absolute atomic E-state index is 12.9. The van der Waals surface area contributed by atoms with E-state index < -0.39 is 20.9 Å². The summed E-state index contributed by atoms with van der Waals surface area (Å²) in [7, 11) is -3.64. The summed E-state index contributed by atoms with van der Waals surface area (Å²) in [5, 5.41) is -0.854. The maximum Gasteiger partial charge on any atom is 0.223 e. The predicted molar refractivity (Wildman–Crippen MR) is 76.8 cm³/mol. The number of nitrogens with zero attached hydrogens (tertiary/aromatic N) is 1. The largest absolute Gasteiger partial charge is 0.341 e. The second kappa shape index (κ2) is 6.11. The van der Waals surface area contributed by atoms with Crippen molar-refractivity contribution >= 4 is 15.7 Å². The van der Waals surface area contributed by atoms with Crippen molar-refractivity contribution in [2.75, 3.05) is 13.1 Å². The number of carbonyl (C=O) groups excluding carboxylic acids is 1. The normalized spacial score (nSPS) is 20.5. The molecule has 2 N–H and O–H groups in total. The van der Waals surface area contributed by atoms with Crippen LogP contribution in [0.5, 0.6) is 0 Å². The zero-order chi connectivity index (χ0) is 15.6. The van der Waals surface area contributed by atoms with Crippen LogP contribution in [0.3, 0.4) is 0 Å². The van der Waals surface area contributed by atoms with E-state index in [0.717, 1.165) is 18.6 Å². The van der Waals surface area contributed by atoms with E-state index in [-0.39, 0.29) is 23.3 Å². The fourth-order valence-electron chi connectivity index (χ4n) is 2.36. The fraction of sp³-hybridized carbons (Fsp3) is 0.500. The molecule has 2 unspecified atom stereocenters. The minimum absolute atomic E-state index is 0.0297.